The van der Waals surface area contributed by atoms with Crippen LogP contribution < -0.4 is 12.4 Å². The minimum atomic E-state index is 0. The first-order valence-electron chi connectivity index (χ1n) is 7.38. The van der Waals surface area contributed by atoms with Gasteiger partial charge in [-0.25, -0.2) is 4.58 Å². The van der Waals surface area contributed by atoms with E-state index in [1.165, 1.54) is 39.1 Å². The number of aryl methyl sites for hydroxylation is 2. The third kappa shape index (κ3) is 3.29. The molecule has 0 aromatic rings. The van der Waals surface area contributed by atoms with Crippen LogP contribution in [0.4, 0.5) is 0 Å². The molecule has 2 aliphatic carbocycles. The molecule has 0 aromatic carbocycles. The summed E-state index contributed by atoms with van der Waals surface area (Å²) in [6, 6.07) is 9.24. The van der Waals surface area contributed by atoms with Crippen molar-refractivity contribution in [3.05, 3.63) is 46.5 Å². The number of fused-ring (bicyclic) bond motifs is 1. The molecule has 0 aliphatic heterocycles. The van der Waals surface area contributed by atoms with Crippen molar-refractivity contribution in [2.45, 2.75) is 40.5 Å². The van der Waals surface area contributed by atoms with Gasteiger partial charge in [-0.05, 0) is 53.6 Å². The van der Waals surface area contributed by atoms with Gasteiger partial charge in [-0.3, -0.25) is 0 Å². The van der Waals surface area contributed by atoms with Crippen molar-refractivity contribution in [3.63, 3.8) is 0 Å². The molecule has 0 N–H and O–H groups in total. The minimum Gasteiger partial charge on any atom is -1.00 e. The smallest absolute Gasteiger partial charge is 0.180 e. The summed E-state index contributed by atoms with van der Waals surface area (Å²) in [6.07, 6.45) is 0. The molecular formula is C19H26ClN. The van der Waals surface area contributed by atoms with Crippen LogP contribution >= 0.6 is 0 Å². The molecule has 0 bridgehead atoms. The molecule has 0 heterocycles. The maximum absolute atomic E-state index is 2.37. The highest BCUT2D eigenvalue weighted by atomic mass is 35.5. The van der Waals surface area contributed by atoms with Crippen LogP contribution in [-0.4, -0.2) is 24.4 Å². The molecule has 2 heteroatoms. The van der Waals surface area contributed by atoms with Crippen LogP contribution in [0.2, 0.25) is 0 Å². The Labute approximate surface area is 135 Å². The normalized spacial score (nSPS) is 10.7. The van der Waals surface area contributed by atoms with Gasteiger partial charge in [0.1, 0.15) is 14.1 Å². The maximum atomic E-state index is 2.37. The molecule has 2 aliphatic rings. The van der Waals surface area contributed by atoms with Crippen molar-refractivity contribution in [1.29, 1.82) is 0 Å². The Hall–Kier alpha value is -1.34. The zero-order chi connectivity index (χ0) is 15.0. The number of rotatable bonds is 2. The lowest BCUT2D eigenvalue weighted by molar-refractivity contribution is -0.464. The fraction of sp³-hybridized carbons (Fsp3) is 0.421. The van der Waals surface area contributed by atoms with Crippen molar-refractivity contribution in [2.75, 3.05) is 14.1 Å². The van der Waals surface area contributed by atoms with Crippen molar-refractivity contribution >= 4 is 5.71 Å². The van der Waals surface area contributed by atoms with Crippen LogP contribution in [0, 0.1) is 13.8 Å². The van der Waals surface area contributed by atoms with Gasteiger partial charge < -0.3 is 12.4 Å². The highest BCUT2D eigenvalue weighted by Crippen LogP contribution is 2.36. The summed E-state index contributed by atoms with van der Waals surface area (Å²) >= 11 is 0. The van der Waals surface area contributed by atoms with Crippen molar-refractivity contribution in [2.24, 2.45) is 0 Å². The second-order valence-electron chi connectivity index (χ2n) is 6.32. The summed E-state index contributed by atoms with van der Waals surface area (Å²) in [5.41, 5.74) is 9.63. The van der Waals surface area contributed by atoms with Crippen molar-refractivity contribution in [1.82, 2.24) is 0 Å². The van der Waals surface area contributed by atoms with Gasteiger partial charge in [-0.15, -0.1) is 0 Å². The van der Waals surface area contributed by atoms with Gasteiger partial charge in [-0.1, -0.05) is 32.0 Å². The van der Waals surface area contributed by atoms with Gasteiger partial charge in [0.15, 0.2) is 5.71 Å². The minimum absolute atomic E-state index is 0. The van der Waals surface area contributed by atoms with Crippen LogP contribution in [0.3, 0.4) is 0 Å². The molecule has 0 aromatic heterocycles. The third-order valence-corrected chi connectivity index (χ3v) is 4.28. The van der Waals surface area contributed by atoms with Crippen molar-refractivity contribution < 1.29 is 17.0 Å². The number of hydrogen-bond donors (Lipinski definition) is 0. The third-order valence-electron chi connectivity index (χ3n) is 4.28. The van der Waals surface area contributed by atoms with Crippen LogP contribution in [-0.2, 0) is 0 Å². The molecular weight excluding hydrogens is 278 g/mol. The van der Waals surface area contributed by atoms with E-state index in [0.29, 0.717) is 5.92 Å². The fourth-order valence-electron chi connectivity index (χ4n) is 2.72. The van der Waals surface area contributed by atoms with Gasteiger partial charge in [0.25, 0.3) is 0 Å². The first-order valence-corrected chi connectivity index (χ1v) is 7.38. The van der Waals surface area contributed by atoms with Gasteiger partial charge in [0.05, 0.1) is 0 Å². The molecule has 1 nitrogen and oxygen atoms in total. The maximum Gasteiger partial charge on any atom is 0.180 e. The first-order chi connectivity index (χ1) is 9.32. The number of nitrogens with zero attached hydrogens (tertiary/aromatic N) is 1. The molecule has 114 valence electrons. The molecule has 0 spiro atoms. The quantitative estimate of drug-likeness (QED) is 0.586. The number of halogens is 1. The van der Waals surface area contributed by atoms with E-state index >= 15 is 0 Å². The zero-order valence-electron chi connectivity index (χ0n) is 14.2. The topological polar surface area (TPSA) is 3.01 Å². The molecule has 0 atom stereocenters. The van der Waals surface area contributed by atoms with Gasteiger partial charge >= 0.3 is 0 Å². The Balaban J connectivity index is 0.00000220. The van der Waals surface area contributed by atoms with Gasteiger partial charge in [0.2, 0.25) is 0 Å². The van der Waals surface area contributed by atoms with Crippen LogP contribution in [0.25, 0.3) is 11.1 Å². The van der Waals surface area contributed by atoms with Crippen molar-refractivity contribution in [3.8, 4) is 11.1 Å². The summed E-state index contributed by atoms with van der Waals surface area (Å²) in [6.45, 7) is 11.2. The van der Waals surface area contributed by atoms with Crippen LogP contribution in [0.5, 0.6) is 0 Å². The fourth-order valence-corrected chi connectivity index (χ4v) is 2.72. The molecule has 0 amide bonds. The van der Waals surface area contributed by atoms with Gasteiger partial charge in [0, 0.05) is 12.5 Å². The highest BCUT2D eigenvalue weighted by Gasteiger charge is 2.20. The zero-order valence-corrected chi connectivity index (χ0v) is 15.0. The largest absolute Gasteiger partial charge is 1.00 e. The monoisotopic (exact) mass is 303 g/mol. The number of hydrogen-bond acceptors (Lipinski definition) is 0. The van der Waals surface area contributed by atoms with E-state index in [4.69, 9.17) is 0 Å². The van der Waals surface area contributed by atoms with E-state index in [9.17, 15) is 0 Å². The summed E-state index contributed by atoms with van der Waals surface area (Å²) < 4.78 is 2.20. The predicted molar refractivity (Wildman–Crippen MR) is 88.5 cm³/mol. The molecule has 21 heavy (non-hydrogen) atoms. The second-order valence-corrected chi connectivity index (χ2v) is 6.32. The van der Waals surface area contributed by atoms with E-state index in [2.05, 4.69) is 77.6 Å². The lowest BCUT2D eigenvalue weighted by Gasteiger charge is -2.05. The Morgan fingerprint density at radius 2 is 1.62 bits per heavy atom. The highest BCUT2D eigenvalue weighted by molar-refractivity contribution is 6.04. The standard InChI is InChI=1S/C19H26N.ClH/c1-12(2)16-9-8-13(3)19-17(11-16)14(4)10-18(19)15(5)20(6)7;/h8-12H,1-7H3;1H/q+1;/p-1. The lowest BCUT2D eigenvalue weighted by atomic mass is 9.99. The average molecular weight is 304 g/mol. The van der Waals surface area contributed by atoms with Crippen LogP contribution in [0.15, 0.2) is 24.3 Å². The Bertz CT molecular complexity index is 649. The second kappa shape index (κ2) is 6.62. The van der Waals surface area contributed by atoms with E-state index in [1.54, 1.807) is 0 Å². The van der Waals surface area contributed by atoms with Crippen LogP contribution in [0.1, 0.15) is 48.9 Å². The predicted octanol–water partition coefficient (Wildman–Crippen LogP) is 1.62. The molecule has 0 unspecified atom stereocenters. The molecule has 0 fully saturated rings. The molecule has 0 saturated heterocycles. The summed E-state index contributed by atoms with van der Waals surface area (Å²) in [4.78, 5) is 0. The Morgan fingerprint density at radius 3 is 2.14 bits per heavy atom. The van der Waals surface area contributed by atoms with E-state index in [-0.39, 0.29) is 12.4 Å². The summed E-state index contributed by atoms with van der Waals surface area (Å²) in [7, 11) is 4.22. The van der Waals surface area contributed by atoms with E-state index in [0.717, 1.165) is 0 Å². The summed E-state index contributed by atoms with van der Waals surface area (Å²) in [5, 5.41) is 0. The molecule has 2 rings (SSSR count). The first kappa shape index (κ1) is 17.7. The Morgan fingerprint density at radius 1 is 1.00 bits per heavy atom. The Kier molecular flexibility index (Phi) is 5.58. The summed E-state index contributed by atoms with van der Waals surface area (Å²) in [5.74, 6) is 0.557. The van der Waals surface area contributed by atoms with E-state index < -0.39 is 0 Å². The van der Waals surface area contributed by atoms with E-state index in [1.807, 2.05) is 0 Å². The SMILES string of the molecule is CC(c1cc(C)c2cc(C(C)C)ccc(C)c1-2)=[N+](C)C.[Cl-]. The molecule has 0 radical (unpaired) electrons. The average Bonchev–Trinajstić information content (AvgIpc) is 2.58. The molecule has 0 saturated carbocycles. The van der Waals surface area contributed by atoms with Gasteiger partial charge in [-0.2, -0.15) is 0 Å². The lowest BCUT2D eigenvalue weighted by Crippen LogP contribution is -3.00.